The number of hydrogen-bond acceptors (Lipinski definition) is 4. The van der Waals surface area contributed by atoms with Crippen molar-refractivity contribution in [1.29, 1.82) is 0 Å². The quantitative estimate of drug-likeness (QED) is 0.784. The summed E-state index contributed by atoms with van der Waals surface area (Å²) in [5.41, 5.74) is 1.48. The van der Waals surface area contributed by atoms with E-state index in [2.05, 4.69) is 11.5 Å². The van der Waals surface area contributed by atoms with Crippen molar-refractivity contribution in [1.82, 2.24) is 14.5 Å². The van der Waals surface area contributed by atoms with Crippen LogP contribution in [0.1, 0.15) is 59.5 Å². The topological polar surface area (TPSA) is 56.6 Å². The Kier molecular flexibility index (Phi) is 5.85. The number of nitrogens with zero attached hydrogens (tertiary/aromatic N) is 3. The number of amides is 1. The molecule has 1 unspecified atom stereocenters. The molecule has 6 nitrogen and oxygen atoms in total. The zero-order valence-electron chi connectivity index (χ0n) is 17.1. The molecule has 2 saturated heterocycles. The second-order valence-corrected chi connectivity index (χ2v) is 7.91. The Balaban J connectivity index is 1.54. The van der Waals surface area contributed by atoms with Gasteiger partial charge in [0.25, 0.3) is 5.91 Å². The average molecular weight is 401 g/mol. The van der Waals surface area contributed by atoms with Crippen LogP contribution in [0.4, 0.5) is 4.39 Å². The number of likely N-dealkylation sites (tertiary alicyclic amines) is 1. The van der Waals surface area contributed by atoms with Crippen molar-refractivity contribution >= 4 is 5.91 Å². The van der Waals surface area contributed by atoms with Crippen LogP contribution in [0.5, 0.6) is 5.75 Å². The summed E-state index contributed by atoms with van der Waals surface area (Å²) >= 11 is 0. The highest BCUT2D eigenvalue weighted by Gasteiger charge is 2.30. The Morgan fingerprint density at radius 3 is 2.79 bits per heavy atom. The van der Waals surface area contributed by atoms with Crippen LogP contribution < -0.4 is 4.74 Å². The Morgan fingerprint density at radius 2 is 2.07 bits per heavy atom. The van der Waals surface area contributed by atoms with Gasteiger partial charge in [0.2, 0.25) is 0 Å². The Bertz CT molecular complexity index is 876. The predicted octanol–water partition coefficient (Wildman–Crippen LogP) is 3.71. The van der Waals surface area contributed by atoms with Crippen LogP contribution in [0.25, 0.3) is 0 Å². The van der Waals surface area contributed by atoms with Gasteiger partial charge in [-0.3, -0.25) is 4.79 Å². The van der Waals surface area contributed by atoms with E-state index in [1.165, 1.54) is 19.2 Å². The van der Waals surface area contributed by atoms with E-state index in [0.29, 0.717) is 24.6 Å². The van der Waals surface area contributed by atoms with Crippen LogP contribution in [0.2, 0.25) is 0 Å². The Labute approximate surface area is 170 Å². The molecule has 2 fully saturated rings. The van der Waals surface area contributed by atoms with Gasteiger partial charge < -0.3 is 18.9 Å². The lowest BCUT2D eigenvalue weighted by molar-refractivity contribution is 0.0666. The highest BCUT2D eigenvalue weighted by molar-refractivity contribution is 5.94. The Morgan fingerprint density at radius 1 is 1.28 bits per heavy atom. The number of ether oxygens (including phenoxy) is 2. The molecular formula is C22H28FN3O3. The second kappa shape index (κ2) is 8.53. The van der Waals surface area contributed by atoms with Crippen molar-refractivity contribution in [3.63, 3.8) is 0 Å². The van der Waals surface area contributed by atoms with Gasteiger partial charge in [0, 0.05) is 49.7 Å². The molecule has 0 radical (unpaired) electrons. The number of hydrogen-bond donors (Lipinski definition) is 0. The number of carbonyl (C=O) groups is 1. The van der Waals surface area contributed by atoms with Gasteiger partial charge >= 0.3 is 0 Å². The lowest BCUT2D eigenvalue weighted by atomic mass is 9.97. The van der Waals surface area contributed by atoms with Crippen molar-refractivity contribution in [2.24, 2.45) is 0 Å². The maximum atomic E-state index is 14.1. The number of aromatic nitrogens is 2. The smallest absolute Gasteiger partial charge is 0.254 e. The zero-order chi connectivity index (χ0) is 20.4. The van der Waals surface area contributed by atoms with Gasteiger partial charge in [0.05, 0.1) is 13.2 Å². The maximum Gasteiger partial charge on any atom is 0.254 e. The fraction of sp³-hybridized carbons (Fsp3) is 0.545. The first-order valence-corrected chi connectivity index (χ1v) is 10.3. The molecule has 2 aromatic rings. The molecule has 2 aliphatic rings. The van der Waals surface area contributed by atoms with Crippen molar-refractivity contribution in [2.45, 2.75) is 44.6 Å². The van der Waals surface area contributed by atoms with Crippen molar-refractivity contribution in [2.75, 3.05) is 33.4 Å². The van der Waals surface area contributed by atoms with E-state index in [1.807, 2.05) is 11.1 Å². The van der Waals surface area contributed by atoms with Gasteiger partial charge in [-0.25, -0.2) is 9.37 Å². The van der Waals surface area contributed by atoms with E-state index in [0.717, 1.165) is 50.4 Å². The second-order valence-electron chi connectivity index (χ2n) is 7.91. The summed E-state index contributed by atoms with van der Waals surface area (Å²) in [6.07, 6.45) is 5.83. The number of imidazole rings is 1. The lowest BCUT2D eigenvalue weighted by Gasteiger charge is -2.36. The minimum Gasteiger partial charge on any atom is -0.494 e. The third-order valence-corrected chi connectivity index (χ3v) is 6.04. The number of halogens is 1. The third kappa shape index (κ3) is 4.01. The minimum absolute atomic E-state index is 0.137. The van der Waals surface area contributed by atoms with Crippen molar-refractivity contribution in [3.8, 4) is 5.75 Å². The maximum absolute atomic E-state index is 14.1. The lowest BCUT2D eigenvalue weighted by Crippen LogP contribution is -2.41. The fourth-order valence-corrected chi connectivity index (χ4v) is 4.53. The first-order chi connectivity index (χ1) is 14.1. The van der Waals surface area contributed by atoms with E-state index < -0.39 is 5.82 Å². The average Bonchev–Trinajstić information content (AvgIpc) is 3.15. The summed E-state index contributed by atoms with van der Waals surface area (Å²) in [7, 11) is 1.42. The summed E-state index contributed by atoms with van der Waals surface area (Å²) in [6, 6.07) is 4.59. The van der Waals surface area contributed by atoms with E-state index in [4.69, 9.17) is 14.5 Å². The Hall–Kier alpha value is -2.41. The summed E-state index contributed by atoms with van der Waals surface area (Å²) in [4.78, 5) is 19.6. The molecule has 1 aromatic heterocycles. The standard InChI is InChI=1S/C22H28FN3O3/c1-15-13-24-21(16-7-10-29-11-8-16)26(15)18-4-3-9-25(14-18)22(27)17-5-6-20(28-2)19(23)12-17/h5-6,12-13,16,18H,3-4,7-11,14H2,1-2H3. The molecule has 0 saturated carbocycles. The predicted molar refractivity (Wildman–Crippen MR) is 107 cm³/mol. The van der Waals surface area contributed by atoms with Crippen LogP contribution in [-0.2, 0) is 4.74 Å². The van der Waals surface area contributed by atoms with E-state index in [9.17, 15) is 9.18 Å². The monoisotopic (exact) mass is 401 g/mol. The molecule has 29 heavy (non-hydrogen) atoms. The largest absolute Gasteiger partial charge is 0.494 e. The third-order valence-electron chi connectivity index (χ3n) is 6.04. The van der Waals surface area contributed by atoms with Crippen LogP contribution in [0.15, 0.2) is 24.4 Å². The molecule has 7 heteroatoms. The van der Waals surface area contributed by atoms with Crippen LogP contribution in [0.3, 0.4) is 0 Å². The number of aryl methyl sites for hydroxylation is 1. The van der Waals surface area contributed by atoms with Crippen molar-refractivity contribution in [3.05, 3.63) is 47.3 Å². The number of methoxy groups -OCH3 is 1. The van der Waals surface area contributed by atoms with Crippen molar-refractivity contribution < 1.29 is 18.7 Å². The normalized spacial score (nSPS) is 20.7. The highest BCUT2D eigenvalue weighted by atomic mass is 19.1. The molecule has 156 valence electrons. The van der Waals surface area contributed by atoms with E-state index in [-0.39, 0.29) is 17.7 Å². The zero-order valence-corrected chi connectivity index (χ0v) is 17.1. The van der Waals surface area contributed by atoms with Gasteiger partial charge in [-0.2, -0.15) is 0 Å². The summed E-state index contributed by atoms with van der Waals surface area (Å²) in [6.45, 7) is 4.92. The van der Waals surface area contributed by atoms with E-state index >= 15 is 0 Å². The van der Waals surface area contributed by atoms with E-state index in [1.54, 1.807) is 6.07 Å². The summed E-state index contributed by atoms with van der Waals surface area (Å²) < 4.78 is 26.9. The SMILES string of the molecule is COc1ccc(C(=O)N2CCCC(n3c(C)cnc3C3CCOCC3)C2)cc1F. The fourth-order valence-electron chi connectivity index (χ4n) is 4.53. The summed E-state index contributed by atoms with van der Waals surface area (Å²) in [5, 5.41) is 0. The molecule has 0 aliphatic carbocycles. The number of carbonyl (C=O) groups excluding carboxylic acids is 1. The van der Waals surface area contributed by atoms with Crippen LogP contribution in [0, 0.1) is 12.7 Å². The molecule has 4 rings (SSSR count). The van der Waals surface area contributed by atoms with Gasteiger partial charge in [-0.05, 0) is 50.8 Å². The van der Waals surface area contributed by atoms with Gasteiger partial charge in [0.1, 0.15) is 5.82 Å². The molecule has 2 aliphatic heterocycles. The van der Waals surface area contributed by atoms with Gasteiger partial charge in [-0.15, -0.1) is 0 Å². The molecule has 0 N–H and O–H groups in total. The molecule has 3 heterocycles. The molecular weight excluding hydrogens is 373 g/mol. The van der Waals surface area contributed by atoms with Gasteiger partial charge in [0.15, 0.2) is 11.6 Å². The molecule has 0 spiro atoms. The molecule has 0 bridgehead atoms. The molecule has 1 atom stereocenters. The first-order valence-electron chi connectivity index (χ1n) is 10.3. The molecule has 1 amide bonds. The minimum atomic E-state index is -0.515. The number of benzene rings is 1. The number of piperidine rings is 1. The number of rotatable bonds is 4. The first kappa shape index (κ1) is 19.9. The van der Waals surface area contributed by atoms with Crippen LogP contribution in [-0.4, -0.2) is 53.8 Å². The molecule has 1 aromatic carbocycles. The van der Waals surface area contributed by atoms with Gasteiger partial charge in [-0.1, -0.05) is 0 Å². The summed E-state index contributed by atoms with van der Waals surface area (Å²) in [5.74, 6) is 1.01. The highest BCUT2D eigenvalue weighted by Crippen LogP contribution is 2.32. The van der Waals surface area contributed by atoms with Crippen LogP contribution >= 0.6 is 0 Å².